The Morgan fingerprint density at radius 2 is 1.65 bits per heavy atom. The molecule has 0 saturated carbocycles. The van der Waals surface area contributed by atoms with Crippen LogP contribution in [-0.4, -0.2) is 23.4 Å². The number of carbonyl (C=O) groups excluding carboxylic acids is 1. The molecule has 1 aromatic rings. The predicted molar refractivity (Wildman–Crippen MR) is 101 cm³/mol. The number of benzene rings is 1. The van der Waals surface area contributed by atoms with E-state index in [0.717, 1.165) is 23.8 Å². The summed E-state index contributed by atoms with van der Waals surface area (Å²) in [5.74, 6) is 0.640. The largest absolute Gasteiger partial charge is 0.273 e. The second-order valence-corrected chi connectivity index (χ2v) is 6.94. The smallest absolute Gasteiger partial charge is 0.243 e. The van der Waals surface area contributed by atoms with E-state index in [2.05, 4.69) is 11.9 Å². The first-order valence-corrected chi connectivity index (χ1v) is 9.86. The van der Waals surface area contributed by atoms with Gasteiger partial charge < -0.3 is 0 Å². The normalized spacial score (nSPS) is 16.5. The Bertz CT molecular complexity index is 501. The molecule has 0 spiro atoms. The van der Waals surface area contributed by atoms with Gasteiger partial charge in [0.05, 0.1) is 11.4 Å². The highest BCUT2D eigenvalue weighted by Crippen LogP contribution is 2.26. The SMILES string of the molecule is CCCCCCCCCCN=C1SCC(=O)N1c1ccccc1. The first kappa shape index (κ1) is 18.1. The van der Waals surface area contributed by atoms with E-state index in [1.54, 1.807) is 16.7 Å². The van der Waals surface area contributed by atoms with E-state index < -0.39 is 0 Å². The maximum absolute atomic E-state index is 12.1. The van der Waals surface area contributed by atoms with Crippen LogP contribution in [0.2, 0.25) is 0 Å². The molecule has 1 amide bonds. The van der Waals surface area contributed by atoms with Crippen molar-refractivity contribution in [2.45, 2.75) is 58.3 Å². The molecule has 0 unspecified atom stereocenters. The van der Waals surface area contributed by atoms with Gasteiger partial charge in [0.1, 0.15) is 0 Å². The van der Waals surface area contributed by atoms with E-state index in [0.29, 0.717) is 5.75 Å². The van der Waals surface area contributed by atoms with Crippen molar-refractivity contribution < 1.29 is 4.79 Å². The van der Waals surface area contributed by atoms with E-state index in [4.69, 9.17) is 0 Å². The molecule has 1 aliphatic rings. The quantitative estimate of drug-likeness (QED) is 0.547. The first-order valence-electron chi connectivity index (χ1n) is 8.88. The number of rotatable bonds is 10. The zero-order valence-electron chi connectivity index (χ0n) is 14.2. The summed E-state index contributed by atoms with van der Waals surface area (Å²) in [6.07, 6.45) is 10.4. The fraction of sp³-hybridized carbons (Fsp3) is 0.579. The van der Waals surface area contributed by atoms with Gasteiger partial charge in [-0.05, 0) is 18.6 Å². The number of amidine groups is 1. The van der Waals surface area contributed by atoms with E-state index in [9.17, 15) is 4.79 Å². The number of nitrogens with zero attached hydrogens (tertiary/aromatic N) is 2. The molecule has 1 aromatic carbocycles. The van der Waals surface area contributed by atoms with Gasteiger partial charge in [0.2, 0.25) is 5.91 Å². The number of carbonyl (C=O) groups is 1. The Morgan fingerprint density at radius 3 is 2.35 bits per heavy atom. The summed E-state index contributed by atoms with van der Waals surface area (Å²) in [7, 11) is 0. The minimum absolute atomic E-state index is 0.135. The highest BCUT2D eigenvalue weighted by atomic mass is 32.2. The summed E-state index contributed by atoms with van der Waals surface area (Å²) in [6, 6.07) is 9.82. The fourth-order valence-corrected chi connectivity index (χ4v) is 3.63. The Balaban J connectivity index is 1.71. The molecule has 0 bridgehead atoms. The van der Waals surface area contributed by atoms with E-state index in [1.165, 1.54) is 44.9 Å². The maximum atomic E-state index is 12.1. The van der Waals surface area contributed by atoms with Crippen molar-refractivity contribution in [3.8, 4) is 0 Å². The van der Waals surface area contributed by atoms with Crippen LogP contribution in [0.4, 0.5) is 5.69 Å². The highest BCUT2D eigenvalue weighted by Gasteiger charge is 2.29. The van der Waals surface area contributed by atoms with Gasteiger partial charge in [-0.3, -0.25) is 14.7 Å². The third-order valence-electron chi connectivity index (χ3n) is 4.04. The van der Waals surface area contributed by atoms with Gasteiger partial charge in [-0.15, -0.1) is 0 Å². The van der Waals surface area contributed by atoms with Crippen molar-refractivity contribution in [3.63, 3.8) is 0 Å². The Labute approximate surface area is 144 Å². The lowest BCUT2D eigenvalue weighted by atomic mass is 10.1. The van der Waals surface area contributed by atoms with Crippen molar-refractivity contribution in [1.82, 2.24) is 0 Å². The van der Waals surface area contributed by atoms with Crippen LogP contribution in [0.5, 0.6) is 0 Å². The zero-order valence-corrected chi connectivity index (χ0v) is 15.0. The molecular formula is C19H28N2OS. The molecule has 1 aliphatic heterocycles. The van der Waals surface area contributed by atoms with Gasteiger partial charge in [0.15, 0.2) is 5.17 Å². The van der Waals surface area contributed by atoms with Crippen LogP contribution in [-0.2, 0) is 4.79 Å². The minimum Gasteiger partial charge on any atom is -0.273 e. The average Bonchev–Trinajstić information content (AvgIpc) is 2.95. The van der Waals surface area contributed by atoms with Gasteiger partial charge in [0, 0.05) is 6.54 Å². The molecule has 0 aromatic heterocycles. The lowest BCUT2D eigenvalue weighted by molar-refractivity contribution is -0.115. The molecule has 0 radical (unpaired) electrons. The van der Waals surface area contributed by atoms with Crippen molar-refractivity contribution in [2.24, 2.45) is 4.99 Å². The van der Waals surface area contributed by atoms with E-state index >= 15 is 0 Å². The third-order valence-corrected chi connectivity index (χ3v) is 5.00. The van der Waals surface area contributed by atoms with Crippen LogP contribution in [0.1, 0.15) is 58.3 Å². The number of hydrogen-bond donors (Lipinski definition) is 0. The van der Waals surface area contributed by atoms with Crippen molar-refractivity contribution in [2.75, 3.05) is 17.2 Å². The summed E-state index contributed by atoms with van der Waals surface area (Å²) < 4.78 is 0. The number of anilines is 1. The van der Waals surface area contributed by atoms with Crippen molar-refractivity contribution >= 4 is 28.5 Å². The Kier molecular flexibility index (Phi) is 8.23. The standard InChI is InChI=1S/C19H28N2OS/c1-2-3-4-5-6-7-8-12-15-20-19-21(18(22)16-23-19)17-13-10-9-11-14-17/h9-11,13-14H,2-8,12,15-16H2,1H3. The molecule has 0 atom stereocenters. The van der Waals surface area contributed by atoms with Gasteiger partial charge in [0.25, 0.3) is 0 Å². The molecule has 1 heterocycles. The van der Waals surface area contributed by atoms with Crippen LogP contribution >= 0.6 is 11.8 Å². The summed E-state index contributed by atoms with van der Waals surface area (Å²) in [4.78, 5) is 18.5. The fourth-order valence-electron chi connectivity index (χ4n) is 2.73. The topological polar surface area (TPSA) is 32.7 Å². The molecule has 2 rings (SSSR count). The molecule has 126 valence electrons. The number of thioether (sulfide) groups is 1. The molecule has 23 heavy (non-hydrogen) atoms. The lowest BCUT2D eigenvalue weighted by Crippen LogP contribution is -2.29. The van der Waals surface area contributed by atoms with Crippen LogP contribution < -0.4 is 4.90 Å². The van der Waals surface area contributed by atoms with Gasteiger partial charge in [-0.1, -0.05) is 81.8 Å². The second-order valence-electron chi connectivity index (χ2n) is 5.99. The summed E-state index contributed by atoms with van der Waals surface area (Å²) >= 11 is 1.56. The Hall–Kier alpha value is -1.29. The van der Waals surface area contributed by atoms with Crippen LogP contribution in [0.15, 0.2) is 35.3 Å². The van der Waals surface area contributed by atoms with Crippen LogP contribution in [0, 0.1) is 0 Å². The van der Waals surface area contributed by atoms with E-state index in [-0.39, 0.29) is 5.91 Å². The van der Waals surface area contributed by atoms with Gasteiger partial charge in [-0.2, -0.15) is 0 Å². The molecular weight excluding hydrogens is 304 g/mol. The van der Waals surface area contributed by atoms with Crippen molar-refractivity contribution in [3.05, 3.63) is 30.3 Å². The van der Waals surface area contributed by atoms with Crippen molar-refractivity contribution in [1.29, 1.82) is 0 Å². The second kappa shape index (κ2) is 10.5. The number of amides is 1. The molecule has 0 aliphatic carbocycles. The molecule has 1 fully saturated rings. The van der Waals surface area contributed by atoms with Gasteiger partial charge in [-0.25, -0.2) is 0 Å². The predicted octanol–water partition coefficient (Wildman–Crippen LogP) is 5.26. The summed E-state index contributed by atoms with van der Waals surface area (Å²) in [5, 5.41) is 0.865. The summed E-state index contributed by atoms with van der Waals surface area (Å²) in [6.45, 7) is 3.08. The highest BCUT2D eigenvalue weighted by molar-refractivity contribution is 8.15. The molecule has 3 nitrogen and oxygen atoms in total. The molecule has 1 saturated heterocycles. The van der Waals surface area contributed by atoms with Crippen LogP contribution in [0.3, 0.4) is 0 Å². The average molecular weight is 333 g/mol. The summed E-state index contributed by atoms with van der Waals surface area (Å²) in [5.41, 5.74) is 0.928. The lowest BCUT2D eigenvalue weighted by Gasteiger charge is -2.15. The monoisotopic (exact) mass is 332 g/mol. The first-order chi connectivity index (χ1) is 11.3. The zero-order chi connectivity index (χ0) is 16.3. The number of para-hydroxylation sites is 1. The third kappa shape index (κ3) is 6.02. The molecule has 0 N–H and O–H groups in total. The number of aliphatic imine (C=N–C) groups is 1. The number of unbranched alkanes of at least 4 members (excludes halogenated alkanes) is 7. The van der Waals surface area contributed by atoms with Crippen LogP contribution in [0.25, 0.3) is 0 Å². The number of hydrogen-bond acceptors (Lipinski definition) is 3. The Morgan fingerprint density at radius 1 is 1.00 bits per heavy atom. The van der Waals surface area contributed by atoms with E-state index in [1.807, 2.05) is 30.3 Å². The minimum atomic E-state index is 0.135. The van der Waals surface area contributed by atoms with Gasteiger partial charge >= 0.3 is 0 Å². The maximum Gasteiger partial charge on any atom is 0.243 e. The molecule has 4 heteroatoms.